The minimum atomic E-state index is -0.404. The van der Waals surface area contributed by atoms with Gasteiger partial charge >= 0.3 is 5.97 Å². The number of esters is 1. The molecule has 1 atom stereocenters. The maximum Gasteiger partial charge on any atom is 0.338 e. The second-order valence-corrected chi connectivity index (χ2v) is 7.74. The number of carbonyl (C=O) groups is 1. The van der Waals surface area contributed by atoms with Crippen molar-refractivity contribution in [2.24, 2.45) is 0 Å². The summed E-state index contributed by atoms with van der Waals surface area (Å²) < 4.78 is 17.1. The van der Waals surface area contributed by atoms with E-state index in [2.05, 4.69) is 17.6 Å². The molecular weight excluding hydrogens is 388 g/mol. The predicted molar refractivity (Wildman–Crippen MR) is 116 cm³/mol. The number of benzene rings is 1. The van der Waals surface area contributed by atoms with Crippen LogP contribution in [0.2, 0.25) is 0 Å². The van der Waals surface area contributed by atoms with Crippen molar-refractivity contribution in [3.63, 3.8) is 0 Å². The van der Waals surface area contributed by atoms with Gasteiger partial charge in [0.05, 0.1) is 31.4 Å². The lowest BCUT2D eigenvalue weighted by Crippen LogP contribution is -2.45. The molecule has 158 valence electrons. The van der Waals surface area contributed by atoms with Crippen molar-refractivity contribution in [1.82, 2.24) is 10.6 Å². The number of hydrogen-bond donors (Lipinski definition) is 2. The first-order valence-electron chi connectivity index (χ1n) is 10.4. The van der Waals surface area contributed by atoms with Crippen molar-refractivity contribution in [1.29, 1.82) is 0 Å². The molecule has 2 N–H and O–H groups in total. The molecule has 0 radical (unpaired) electrons. The highest BCUT2D eigenvalue weighted by Crippen LogP contribution is 2.37. The highest BCUT2D eigenvalue weighted by atomic mass is 32.1. The summed E-state index contributed by atoms with van der Waals surface area (Å²) in [5, 5.41) is 6.85. The Hall–Kier alpha value is -2.28. The van der Waals surface area contributed by atoms with E-state index >= 15 is 0 Å². The SMILES string of the molecule is CCCC1=C(C(=O)OCC)C(c2ccc(OC3CCCC3)c(OC)c2)NC(=S)N1. The maximum atomic E-state index is 12.8. The number of nitrogens with one attached hydrogen (secondary N) is 2. The molecule has 0 spiro atoms. The fourth-order valence-electron chi connectivity index (χ4n) is 3.91. The third kappa shape index (κ3) is 5.01. The smallest absolute Gasteiger partial charge is 0.338 e. The molecule has 0 bridgehead atoms. The van der Waals surface area contributed by atoms with Crippen LogP contribution in [0.25, 0.3) is 0 Å². The molecule has 1 aromatic rings. The molecule has 0 amide bonds. The van der Waals surface area contributed by atoms with Crippen LogP contribution in [0.1, 0.15) is 64.0 Å². The van der Waals surface area contributed by atoms with E-state index in [0.717, 1.165) is 36.3 Å². The summed E-state index contributed by atoms with van der Waals surface area (Å²) in [4.78, 5) is 12.8. The molecule has 1 fully saturated rings. The lowest BCUT2D eigenvalue weighted by molar-refractivity contribution is -0.139. The van der Waals surface area contributed by atoms with E-state index in [1.807, 2.05) is 18.2 Å². The summed E-state index contributed by atoms with van der Waals surface area (Å²) >= 11 is 5.40. The van der Waals surface area contributed by atoms with Gasteiger partial charge in [-0.3, -0.25) is 0 Å². The summed E-state index contributed by atoms with van der Waals surface area (Å²) in [6, 6.07) is 5.39. The third-order valence-electron chi connectivity index (χ3n) is 5.27. The van der Waals surface area contributed by atoms with Gasteiger partial charge in [0.2, 0.25) is 0 Å². The summed E-state index contributed by atoms with van der Waals surface area (Å²) in [5.74, 6) is 1.05. The molecule has 1 aliphatic heterocycles. The molecule has 1 saturated carbocycles. The highest BCUT2D eigenvalue weighted by molar-refractivity contribution is 7.80. The minimum absolute atomic E-state index is 0.241. The summed E-state index contributed by atoms with van der Waals surface area (Å²) in [6.07, 6.45) is 6.40. The first-order valence-corrected chi connectivity index (χ1v) is 10.8. The van der Waals surface area contributed by atoms with Crippen LogP contribution in [0.15, 0.2) is 29.5 Å². The molecule has 0 aromatic heterocycles. The Morgan fingerprint density at radius 3 is 2.62 bits per heavy atom. The Morgan fingerprint density at radius 2 is 1.97 bits per heavy atom. The van der Waals surface area contributed by atoms with Crippen LogP contribution in [-0.2, 0) is 9.53 Å². The zero-order chi connectivity index (χ0) is 20.8. The average molecular weight is 419 g/mol. The maximum absolute atomic E-state index is 12.8. The Labute approximate surface area is 178 Å². The van der Waals surface area contributed by atoms with Gasteiger partial charge in [-0.1, -0.05) is 19.4 Å². The summed E-state index contributed by atoms with van der Waals surface area (Å²) in [7, 11) is 1.63. The van der Waals surface area contributed by atoms with Gasteiger partial charge < -0.3 is 24.8 Å². The van der Waals surface area contributed by atoms with Gasteiger partial charge in [-0.05, 0) is 68.9 Å². The van der Waals surface area contributed by atoms with E-state index in [4.69, 9.17) is 26.4 Å². The summed E-state index contributed by atoms with van der Waals surface area (Å²) in [5.41, 5.74) is 2.25. The quantitative estimate of drug-likeness (QED) is 0.485. The van der Waals surface area contributed by atoms with Crippen molar-refractivity contribution < 1.29 is 19.0 Å². The molecular formula is C22H30N2O4S. The molecule has 1 heterocycles. The fraction of sp³-hybridized carbons (Fsp3) is 0.545. The number of methoxy groups -OCH3 is 1. The largest absolute Gasteiger partial charge is 0.493 e. The molecule has 29 heavy (non-hydrogen) atoms. The Bertz CT molecular complexity index is 787. The number of rotatable bonds is 8. The third-order valence-corrected chi connectivity index (χ3v) is 5.49. The Kier molecular flexibility index (Phi) is 7.36. The van der Waals surface area contributed by atoms with Crippen LogP contribution in [0.5, 0.6) is 11.5 Å². The second-order valence-electron chi connectivity index (χ2n) is 7.33. The van der Waals surface area contributed by atoms with Crippen LogP contribution in [0.3, 0.4) is 0 Å². The first kappa shape index (κ1) is 21.4. The lowest BCUT2D eigenvalue weighted by atomic mass is 9.93. The number of ether oxygens (including phenoxy) is 3. The number of hydrogen-bond acceptors (Lipinski definition) is 5. The van der Waals surface area contributed by atoms with E-state index < -0.39 is 6.04 Å². The molecule has 1 aliphatic carbocycles. The van der Waals surface area contributed by atoms with Gasteiger partial charge in [0.1, 0.15) is 0 Å². The van der Waals surface area contributed by atoms with Gasteiger partial charge in [-0.2, -0.15) is 0 Å². The van der Waals surface area contributed by atoms with Gasteiger partial charge in [0.15, 0.2) is 16.6 Å². The standard InChI is InChI=1S/C22H30N2O4S/c1-4-8-16-19(21(25)27-5-2)20(24-22(29)23-16)14-11-12-17(18(13-14)26-3)28-15-9-6-7-10-15/h11-13,15,20H,4-10H2,1-3H3,(H2,23,24,29). The van der Waals surface area contributed by atoms with Crippen LogP contribution in [0, 0.1) is 0 Å². The first-order chi connectivity index (χ1) is 14.1. The molecule has 1 unspecified atom stereocenters. The topological polar surface area (TPSA) is 68.8 Å². The van der Waals surface area contributed by atoms with Crippen molar-refractivity contribution in [3.05, 3.63) is 35.0 Å². The van der Waals surface area contributed by atoms with E-state index in [1.165, 1.54) is 12.8 Å². The molecule has 7 heteroatoms. The second kappa shape index (κ2) is 9.96. The molecule has 6 nitrogen and oxygen atoms in total. The van der Waals surface area contributed by atoms with E-state index in [0.29, 0.717) is 29.5 Å². The lowest BCUT2D eigenvalue weighted by Gasteiger charge is -2.31. The fourth-order valence-corrected chi connectivity index (χ4v) is 4.15. The van der Waals surface area contributed by atoms with Gasteiger partial charge in [-0.15, -0.1) is 0 Å². The van der Waals surface area contributed by atoms with E-state index in [9.17, 15) is 4.79 Å². The normalized spacial score (nSPS) is 19.6. The van der Waals surface area contributed by atoms with E-state index in [-0.39, 0.29) is 12.1 Å². The van der Waals surface area contributed by atoms with Crippen molar-refractivity contribution in [3.8, 4) is 11.5 Å². The highest BCUT2D eigenvalue weighted by Gasteiger charge is 2.32. The van der Waals surface area contributed by atoms with Crippen LogP contribution in [0.4, 0.5) is 0 Å². The van der Waals surface area contributed by atoms with Crippen molar-refractivity contribution >= 4 is 23.3 Å². The van der Waals surface area contributed by atoms with Crippen molar-refractivity contribution in [2.45, 2.75) is 64.5 Å². The predicted octanol–water partition coefficient (Wildman–Crippen LogP) is 4.15. The van der Waals surface area contributed by atoms with Gasteiger partial charge in [0.25, 0.3) is 0 Å². The monoisotopic (exact) mass is 418 g/mol. The molecule has 0 saturated heterocycles. The van der Waals surface area contributed by atoms with Gasteiger partial charge in [0, 0.05) is 5.70 Å². The Balaban J connectivity index is 1.95. The zero-order valence-corrected chi connectivity index (χ0v) is 18.2. The molecule has 3 rings (SSSR count). The van der Waals surface area contributed by atoms with Crippen molar-refractivity contribution in [2.75, 3.05) is 13.7 Å². The average Bonchev–Trinajstić information content (AvgIpc) is 3.21. The van der Waals surface area contributed by atoms with Crippen LogP contribution >= 0.6 is 12.2 Å². The molecule has 2 aliphatic rings. The zero-order valence-electron chi connectivity index (χ0n) is 17.4. The number of allylic oxidation sites excluding steroid dienone is 1. The Morgan fingerprint density at radius 1 is 1.21 bits per heavy atom. The molecule has 1 aromatic carbocycles. The van der Waals surface area contributed by atoms with E-state index in [1.54, 1.807) is 14.0 Å². The summed E-state index contributed by atoms with van der Waals surface area (Å²) in [6.45, 7) is 4.19. The number of carbonyl (C=O) groups excluding carboxylic acids is 1. The number of thiocarbonyl (C=S) groups is 1. The van der Waals surface area contributed by atoms with Crippen LogP contribution < -0.4 is 20.1 Å². The minimum Gasteiger partial charge on any atom is -0.493 e. The van der Waals surface area contributed by atoms with Gasteiger partial charge in [-0.25, -0.2) is 4.79 Å². The van der Waals surface area contributed by atoms with Crippen LogP contribution in [-0.4, -0.2) is 30.9 Å².